The first kappa shape index (κ1) is 18.7. The van der Waals surface area contributed by atoms with Crippen LogP contribution in [0.15, 0.2) is 59.2 Å². The van der Waals surface area contributed by atoms with Crippen molar-refractivity contribution in [3.63, 3.8) is 0 Å². The highest BCUT2D eigenvalue weighted by atomic mass is 16.3. The number of nitrogens with zero attached hydrogens (tertiary/aromatic N) is 4. The van der Waals surface area contributed by atoms with Gasteiger partial charge in [-0.3, -0.25) is 9.59 Å². The molecule has 1 saturated heterocycles. The van der Waals surface area contributed by atoms with E-state index >= 15 is 0 Å². The standard InChI is InChI=1S/C21H21N5O3/c27-15-25-8-10-26(11-9-25)21(28)18-13-19(22-14-17-7-4-12-29-17)24-20(23-18)16-5-2-1-3-6-16/h1-7,12-13,15H,8-11,14H2,(H,22,23,24). The molecule has 0 unspecified atom stereocenters. The first-order chi connectivity index (χ1) is 14.2. The molecule has 0 aliphatic carbocycles. The summed E-state index contributed by atoms with van der Waals surface area (Å²) in [4.78, 5) is 36.4. The molecular formula is C21H21N5O3. The van der Waals surface area contributed by atoms with Crippen LogP contribution in [0.4, 0.5) is 5.82 Å². The maximum Gasteiger partial charge on any atom is 0.272 e. The van der Waals surface area contributed by atoms with Crippen LogP contribution in [0.25, 0.3) is 11.4 Å². The van der Waals surface area contributed by atoms with Gasteiger partial charge < -0.3 is 19.5 Å². The second kappa shape index (κ2) is 8.55. The minimum absolute atomic E-state index is 0.170. The predicted molar refractivity (Wildman–Crippen MR) is 107 cm³/mol. The molecule has 1 aliphatic heterocycles. The van der Waals surface area contributed by atoms with E-state index in [-0.39, 0.29) is 5.91 Å². The van der Waals surface area contributed by atoms with E-state index < -0.39 is 0 Å². The molecule has 2 aromatic heterocycles. The Bertz CT molecular complexity index is 967. The number of carbonyl (C=O) groups excluding carboxylic acids is 2. The van der Waals surface area contributed by atoms with Gasteiger partial charge in [0.25, 0.3) is 5.91 Å². The summed E-state index contributed by atoms with van der Waals surface area (Å²) in [7, 11) is 0. The third-order valence-electron chi connectivity index (χ3n) is 4.75. The summed E-state index contributed by atoms with van der Waals surface area (Å²) in [5.74, 6) is 1.62. The number of rotatable bonds is 6. The number of anilines is 1. The van der Waals surface area contributed by atoms with Crippen molar-refractivity contribution in [2.24, 2.45) is 0 Å². The molecule has 148 valence electrons. The van der Waals surface area contributed by atoms with Crippen molar-refractivity contribution in [2.75, 3.05) is 31.5 Å². The summed E-state index contributed by atoms with van der Waals surface area (Å²) >= 11 is 0. The zero-order valence-electron chi connectivity index (χ0n) is 15.8. The van der Waals surface area contributed by atoms with E-state index in [1.165, 1.54) is 0 Å². The molecule has 0 bridgehead atoms. The molecule has 8 heteroatoms. The monoisotopic (exact) mass is 391 g/mol. The van der Waals surface area contributed by atoms with Crippen LogP contribution in [0.3, 0.4) is 0 Å². The Kier molecular flexibility index (Phi) is 5.51. The third-order valence-corrected chi connectivity index (χ3v) is 4.75. The summed E-state index contributed by atoms with van der Waals surface area (Å²) < 4.78 is 5.35. The normalized spacial score (nSPS) is 13.9. The number of aromatic nitrogens is 2. The molecule has 8 nitrogen and oxygen atoms in total. The number of benzene rings is 1. The van der Waals surface area contributed by atoms with Gasteiger partial charge in [0.15, 0.2) is 5.82 Å². The Labute approximate surface area is 168 Å². The van der Waals surface area contributed by atoms with Crippen molar-refractivity contribution in [3.8, 4) is 11.4 Å². The van der Waals surface area contributed by atoms with Crippen LogP contribution in [0.1, 0.15) is 16.2 Å². The minimum atomic E-state index is -0.170. The summed E-state index contributed by atoms with van der Waals surface area (Å²) in [6.07, 6.45) is 2.43. The van der Waals surface area contributed by atoms with Crippen LogP contribution in [0.2, 0.25) is 0 Å². The maximum atomic E-state index is 13.0. The Morgan fingerprint density at radius 1 is 1.07 bits per heavy atom. The van der Waals surface area contributed by atoms with Crippen molar-refractivity contribution < 1.29 is 14.0 Å². The zero-order valence-corrected chi connectivity index (χ0v) is 15.8. The lowest BCUT2D eigenvalue weighted by molar-refractivity contribution is -0.119. The SMILES string of the molecule is O=CN1CCN(C(=O)c2cc(NCc3ccco3)nc(-c3ccccc3)n2)CC1. The lowest BCUT2D eigenvalue weighted by Crippen LogP contribution is -2.48. The first-order valence-corrected chi connectivity index (χ1v) is 9.42. The minimum Gasteiger partial charge on any atom is -0.467 e. The second-order valence-corrected chi connectivity index (χ2v) is 6.69. The molecule has 0 radical (unpaired) electrons. The number of amides is 2. The highest BCUT2D eigenvalue weighted by Gasteiger charge is 2.23. The number of hydrogen-bond donors (Lipinski definition) is 1. The van der Waals surface area contributed by atoms with Crippen LogP contribution in [0, 0.1) is 0 Å². The van der Waals surface area contributed by atoms with E-state index in [0.717, 1.165) is 17.7 Å². The Morgan fingerprint density at radius 2 is 1.86 bits per heavy atom. The van der Waals surface area contributed by atoms with Crippen LogP contribution in [0.5, 0.6) is 0 Å². The molecule has 1 aliphatic rings. The van der Waals surface area contributed by atoms with E-state index in [0.29, 0.717) is 50.1 Å². The lowest BCUT2D eigenvalue weighted by atomic mass is 10.2. The molecular weight excluding hydrogens is 370 g/mol. The van der Waals surface area contributed by atoms with Crippen LogP contribution < -0.4 is 5.32 Å². The molecule has 3 aromatic rings. The topological polar surface area (TPSA) is 91.6 Å². The van der Waals surface area contributed by atoms with Gasteiger partial charge in [-0.25, -0.2) is 9.97 Å². The van der Waals surface area contributed by atoms with Crippen molar-refractivity contribution in [1.29, 1.82) is 0 Å². The van der Waals surface area contributed by atoms with E-state index in [1.807, 2.05) is 42.5 Å². The average Bonchev–Trinajstić information content (AvgIpc) is 3.31. The van der Waals surface area contributed by atoms with Crippen molar-refractivity contribution in [3.05, 3.63) is 66.2 Å². The molecule has 2 amide bonds. The van der Waals surface area contributed by atoms with Gasteiger partial charge in [-0.2, -0.15) is 0 Å². The summed E-state index contributed by atoms with van der Waals surface area (Å²) in [5.41, 5.74) is 1.15. The van der Waals surface area contributed by atoms with Crippen molar-refractivity contribution in [1.82, 2.24) is 19.8 Å². The fourth-order valence-corrected chi connectivity index (χ4v) is 3.15. The number of furan rings is 1. The quantitative estimate of drug-likeness (QED) is 0.648. The molecule has 1 fully saturated rings. The van der Waals surface area contributed by atoms with E-state index in [9.17, 15) is 9.59 Å². The zero-order chi connectivity index (χ0) is 20.1. The van der Waals surface area contributed by atoms with Gasteiger partial charge in [-0.05, 0) is 12.1 Å². The Morgan fingerprint density at radius 3 is 2.55 bits per heavy atom. The van der Waals surface area contributed by atoms with Gasteiger partial charge >= 0.3 is 0 Å². The number of carbonyl (C=O) groups is 2. The molecule has 1 N–H and O–H groups in total. The molecule has 0 atom stereocenters. The largest absolute Gasteiger partial charge is 0.467 e. The van der Waals surface area contributed by atoms with Gasteiger partial charge in [0.1, 0.15) is 17.3 Å². The van der Waals surface area contributed by atoms with Gasteiger partial charge in [0, 0.05) is 37.8 Å². The Hall–Kier alpha value is -3.68. The van der Waals surface area contributed by atoms with Gasteiger partial charge in [-0.1, -0.05) is 30.3 Å². The Balaban J connectivity index is 1.60. The number of hydrogen-bond acceptors (Lipinski definition) is 6. The van der Waals surface area contributed by atoms with Gasteiger partial charge in [0.2, 0.25) is 6.41 Å². The van der Waals surface area contributed by atoms with Gasteiger partial charge in [-0.15, -0.1) is 0 Å². The lowest BCUT2D eigenvalue weighted by Gasteiger charge is -2.32. The molecule has 0 saturated carbocycles. The third kappa shape index (κ3) is 4.43. The fraction of sp³-hybridized carbons (Fsp3) is 0.238. The van der Waals surface area contributed by atoms with E-state index in [4.69, 9.17) is 4.42 Å². The highest BCUT2D eigenvalue weighted by molar-refractivity contribution is 5.93. The first-order valence-electron chi connectivity index (χ1n) is 9.42. The van der Waals surface area contributed by atoms with Gasteiger partial charge in [0.05, 0.1) is 12.8 Å². The molecule has 0 spiro atoms. The summed E-state index contributed by atoms with van der Waals surface area (Å²) in [6, 6.07) is 14.9. The molecule has 4 rings (SSSR count). The summed E-state index contributed by atoms with van der Waals surface area (Å²) in [6.45, 7) is 2.46. The number of nitrogens with one attached hydrogen (secondary N) is 1. The van der Waals surface area contributed by atoms with Crippen LogP contribution >= 0.6 is 0 Å². The predicted octanol–water partition coefficient (Wildman–Crippen LogP) is 2.26. The fourth-order valence-electron chi connectivity index (χ4n) is 3.15. The van der Waals surface area contributed by atoms with Crippen molar-refractivity contribution in [2.45, 2.75) is 6.54 Å². The van der Waals surface area contributed by atoms with Crippen molar-refractivity contribution >= 4 is 18.1 Å². The smallest absolute Gasteiger partial charge is 0.272 e. The second-order valence-electron chi connectivity index (χ2n) is 6.69. The maximum absolute atomic E-state index is 13.0. The summed E-state index contributed by atoms with van der Waals surface area (Å²) in [5, 5.41) is 3.20. The molecule has 29 heavy (non-hydrogen) atoms. The van der Waals surface area contributed by atoms with Crippen LogP contribution in [-0.2, 0) is 11.3 Å². The molecule has 3 heterocycles. The molecule has 1 aromatic carbocycles. The number of piperazine rings is 1. The average molecular weight is 391 g/mol. The van der Waals surface area contributed by atoms with E-state index in [1.54, 1.807) is 22.1 Å². The van der Waals surface area contributed by atoms with E-state index in [2.05, 4.69) is 15.3 Å². The highest BCUT2D eigenvalue weighted by Crippen LogP contribution is 2.20. The van der Waals surface area contributed by atoms with Crippen LogP contribution in [-0.4, -0.2) is 58.3 Å².